The maximum atomic E-state index is 12.1. The van der Waals surface area contributed by atoms with E-state index in [2.05, 4.69) is 5.32 Å². The zero-order chi connectivity index (χ0) is 12.5. The first-order chi connectivity index (χ1) is 8.75. The molecule has 2 unspecified atom stereocenters. The van der Waals surface area contributed by atoms with Gasteiger partial charge in [-0.25, -0.2) is 0 Å². The average Bonchev–Trinajstić information content (AvgIpc) is 3.11. The molecule has 2 atom stereocenters. The summed E-state index contributed by atoms with van der Waals surface area (Å²) in [6, 6.07) is 6.70. The molecule has 1 amide bonds. The predicted molar refractivity (Wildman–Crippen MR) is 66.4 cm³/mol. The van der Waals surface area contributed by atoms with Crippen molar-refractivity contribution in [2.24, 2.45) is 5.92 Å². The van der Waals surface area contributed by atoms with Crippen LogP contribution in [0, 0.1) is 5.92 Å². The van der Waals surface area contributed by atoms with Crippen molar-refractivity contribution < 1.29 is 14.6 Å². The number of ether oxygens (including phenoxy) is 1. The minimum Gasteiger partial charge on any atom is -0.507 e. The number of phenols is 1. The molecule has 18 heavy (non-hydrogen) atoms. The summed E-state index contributed by atoms with van der Waals surface area (Å²) < 4.78 is 5.68. The lowest BCUT2D eigenvalue weighted by Gasteiger charge is -2.19. The summed E-state index contributed by atoms with van der Waals surface area (Å²) >= 11 is 0. The minimum absolute atomic E-state index is 0.0249. The average molecular weight is 247 g/mol. The first-order valence-electron chi connectivity index (χ1n) is 6.46. The molecule has 1 aliphatic carbocycles. The van der Waals surface area contributed by atoms with E-state index in [-0.39, 0.29) is 23.8 Å². The largest absolute Gasteiger partial charge is 0.507 e. The number of aromatic hydroxyl groups is 1. The van der Waals surface area contributed by atoms with E-state index in [4.69, 9.17) is 4.74 Å². The van der Waals surface area contributed by atoms with Crippen molar-refractivity contribution in [1.29, 1.82) is 0 Å². The molecular formula is C14H17NO3. The maximum absolute atomic E-state index is 12.1. The summed E-state index contributed by atoms with van der Waals surface area (Å²) in [5.41, 5.74) is 0.332. The molecule has 0 aromatic heterocycles. The van der Waals surface area contributed by atoms with Gasteiger partial charge in [0.05, 0.1) is 17.7 Å². The van der Waals surface area contributed by atoms with Gasteiger partial charge in [-0.1, -0.05) is 12.1 Å². The number of rotatable bonds is 3. The van der Waals surface area contributed by atoms with Crippen molar-refractivity contribution in [1.82, 2.24) is 5.32 Å². The van der Waals surface area contributed by atoms with E-state index in [1.807, 2.05) is 0 Å². The van der Waals surface area contributed by atoms with Crippen LogP contribution in [0.1, 0.15) is 29.6 Å². The Morgan fingerprint density at radius 2 is 2.06 bits per heavy atom. The van der Waals surface area contributed by atoms with Crippen LogP contribution in [0.2, 0.25) is 0 Å². The van der Waals surface area contributed by atoms with E-state index in [0.717, 1.165) is 6.42 Å². The molecular weight excluding hydrogens is 230 g/mol. The van der Waals surface area contributed by atoms with Gasteiger partial charge in [0, 0.05) is 6.61 Å². The van der Waals surface area contributed by atoms with Gasteiger partial charge in [0.1, 0.15) is 5.75 Å². The Kier molecular flexibility index (Phi) is 2.96. The standard InChI is InChI=1S/C14H17NO3/c16-12-4-2-1-3-10(12)14(17)15-11-7-8-18-13(11)9-5-6-9/h1-4,9,11,13,16H,5-8H2,(H,15,17). The molecule has 1 saturated heterocycles. The monoisotopic (exact) mass is 247 g/mol. The molecule has 1 heterocycles. The summed E-state index contributed by atoms with van der Waals surface area (Å²) in [7, 11) is 0. The van der Waals surface area contributed by atoms with Gasteiger partial charge < -0.3 is 15.2 Å². The molecule has 3 rings (SSSR count). The highest BCUT2D eigenvalue weighted by Crippen LogP contribution is 2.38. The Balaban J connectivity index is 1.69. The van der Waals surface area contributed by atoms with E-state index < -0.39 is 0 Å². The smallest absolute Gasteiger partial charge is 0.255 e. The summed E-state index contributed by atoms with van der Waals surface area (Å²) in [6.07, 6.45) is 3.43. The van der Waals surface area contributed by atoms with E-state index in [0.29, 0.717) is 18.1 Å². The van der Waals surface area contributed by atoms with Crippen LogP contribution in [0.5, 0.6) is 5.75 Å². The maximum Gasteiger partial charge on any atom is 0.255 e. The quantitative estimate of drug-likeness (QED) is 0.854. The fraction of sp³-hybridized carbons (Fsp3) is 0.500. The van der Waals surface area contributed by atoms with Gasteiger partial charge in [-0.2, -0.15) is 0 Å². The fourth-order valence-corrected chi connectivity index (χ4v) is 2.57. The number of carbonyl (C=O) groups excluding carboxylic acids is 1. The summed E-state index contributed by atoms with van der Waals surface area (Å²) in [5, 5.41) is 12.6. The number of para-hydroxylation sites is 1. The minimum atomic E-state index is -0.214. The van der Waals surface area contributed by atoms with Crippen molar-refractivity contribution in [2.75, 3.05) is 6.61 Å². The molecule has 2 fully saturated rings. The second kappa shape index (κ2) is 4.61. The predicted octanol–water partition coefficient (Wildman–Crippen LogP) is 1.69. The fourth-order valence-electron chi connectivity index (χ4n) is 2.57. The lowest BCUT2D eigenvalue weighted by atomic mass is 10.1. The van der Waals surface area contributed by atoms with Gasteiger partial charge in [-0.3, -0.25) is 4.79 Å². The number of carbonyl (C=O) groups is 1. The normalized spacial score (nSPS) is 27.1. The van der Waals surface area contributed by atoms with Gasteiger partial charge in [0.25, 0.3) is 5.91 Å². The van der Waals surface area contributed by atoms with Crippen LogP contribution in [0.4, 0.5) is 0 Å². The Labute approximate surface area is 106 Å². The molecule has 1 aromatic rings. The van der Waals surface area contributed by atoms with Crippen molar-refractivity contribution in [3.63, 3.8) is 0 Å². The summed E-state index contributed by atoms with van der Waals surface area (Å²) in [5.74, 6) is 0.424. The van der Waals surface area contributed by atoms with E-state index >= 15 is 0 Å². The SMILES string of the molecule is O=C(NC1CCOC1C1CC1)c1ccccc1O. The summed E-state index contributed by atoms with van der Waals surface area (Å²) in [6.45, 7) is 0.715. The van der Waals surface area contributed by atoms with Crippen LogP contribution in [0.15, 0.2) is 24.3 Å². The Bertz CT molecular complexity index is 456. The molecule has 96 valence electrons. The van der Waals surface area contributed by atoms with Gasteiger partial charge >= 0.3 is 0 Å². The molecule has 0 bridgehead atoms. The highest BCUT2D eigenvalue weighted by molar-refractivity contribution is 5.96. The molecule has 4 heteroatoms. The Morgan fingerprint density at radius 3 is 2.78 bits per heavy atom. The molecule has 0 spiro atoms. The lowest BCUT2D eigenvalue weighted by Crippen LogP contribution is -2.41. The van der Waals surface area contributed by atoms with E-state index in [9.17, 15) is 9.90 Å². The number of amides is 1. The molecule has 1 aliphatic heterocycles. The third-order valence-electron chi connectivity index (χ3n) is 3.69. The van der Waals surface area contributed by atoms with E-state index in [1.54, 1.807) is 18.2 Å². The number of hydrogen-bond donors (Lipinski definition) is 2. The zero-order valence-corrected chi connectivity index (χ0v) is 10.1. The summed E-state index contributed by atoms with van der Waals surface area (Å²) in [4.78, 5) is 12.1. The van der Waals surface area contributed by atoms with Crippen LogP contribution in [0.25, 0.3) is 0 Å². The topological polar surface area (TPSA) is 58.6 Å². The first kappa shape index (κ1) is 11.5. The third kappa shape index (κ3) is 2.20. The van der Waals surface area contributed by atoms with Crippen molar-refractivity contribution >= 4 is 5.91 Å². The van der Waals surface area contributed by atoms with Crippen LogP contribution in [-0.4, -0.2) is 29.8 Å². The third-order valence-corrected chi connectivity index (χ3v) is 3.69. The highest BCUT2D eigenvalue weighted by Gasteiger charge is 2.41. The number of benzene rings is 1. The zero-order valence-electron chi connectivity index (χ0n) is 10.1. The van der Waals surface area contributed by atoms with Gasteiger partial charge in [-0.15, -0.1) is 0 Å². The van der Waals surface area contributed by atoms with Gasteiger partial charge in [-0.05, 0) is 37.3 Å². The van der Waals surface area contributed by atoms with Gasteiger partial charge in [0.2, 0.25) is 0 Å². The lowest BCUT2D eigenvalue weighted by molar-refractivity contribution is 0.0728. The van der Waals surface area contributed by atoms with Crippen molar-refractivity contribution in [2.45, 2.75) is 31.4 Å². The van der Waals surface area contributed by atoms with Crippen LogP contribution >= 0.6 is 0 Å². The number of hydrogen-bond acceptors (Lipinski definition) is 3. The molecule has 2 aliphatic rings. The highest BCUT2D eigenvalue weighted by atomic mass is 16.5. The number of phenolic OH excluding ortho intramolecular Hbond substituents is 1. The van der Waals surface area contributed by atoms with Crippen LogP contribution in [-0.2, 0) is 4.74 Å². The van der Waals surface area contributed by atoms with E-state index in [1.165, 1.54) is 18.9 Å². The Hall–Kier alpha value is -1.55. The van der Waals surface area contributed by atoms with Crippen molar-refractivity contribution in [3.8, 4) is 5.75 Å². The number of nitrogens with one attached hydrogen (secondary N) is 1. The Morgan fingerprint density at radius 1 is 1.28 bits per heavy atom. The van der Waals surface area contributed by atoms with Crippen LogP contribution in [0.3, 0.4) is 0 Å². The van der Waals surface area contributed by atoms with Gasteiger partial charge in [0.15, 0.2) is 0 Å². The molecule has 0 radical (unpaired) electrons. The van der Waals surface area contributed by atoms with Crippen molar-refractivity contribution in [3.05, 3.63) is 29.8 Å². The second-order valence-electron chi connectivity index (χ2n) is 5.06. The second-order valence-corrected chi connectivity index (χ2v) is 5.06. The molecule has 2 N–H and O–H groups in total. The molecule has 1 saturated carbocycles. The first-order valence-corrected chi connectivity index (χ1v) is 6.46. The van der Waals surface area contributed by atoms with Crippen LogP contribution < -0.4 is 5.32 Å². The molecule has 1 aromatic carbocycles. The molecule has 4 nitrogen and oxygen atoms in total.